The Balaban J connectivity index is 1.27. The largest absolute Gasteiger partial charge is 0.484 e. The van der Waals surface area contributed by atoms with E-state index in [2.05, 4.69) is 5.32 Å². The SMILES string of the molecule is O=C(NCc1cccs1)C1CC(=O)N(c2ccc(OCC(=O)N3CCOCC3)cc2)C1. The number of ether oxygens (including phenoxy) is 2. The van der Waals surface area contributed by atoms with E-state index in [1.807, 2.05) is 17.5 Å². The minimum atomic E-state index is -0.366. The van der Waals surface area contributed by atoms with Gasteiger partial charge in [0.25, 0.3) is 5.91 Å². The number of benzene rings is 1. The zero-order valence-electron chi connectivity index (χ0n) is 17.1. The monoisotopic (exact) mass is 443 g/mol. The van der Waals surface area contributed by atoms with E-state index < -0.39 is 0 Å². The fraction of sp³-hybridized carbons (Fsp3) is 0.409. The zero-order valence-corrected chi connectivity index (χ0v) is 17.9. The maximum atomic E-state index is 12.5. The Labute approximate surface area is 184 Å². The Hall–Kier alpha value is -2.91. The number of amides is 3. The molecule has 2 aliphatic rings. The summed E-state index contributed by atoms with van der Waals surface area (Å²) >= 11 is 1.59. The maximum absolute atomic E-state index is 12.5. The van der Waals surface area contributed by atoms with Crippen LogP contribution in [0.5, 0.6) is 5.75 Å². The van der Waals surface area contributed by atoms with Crippen molar-refractivity contribution in [3.05, 3.63) is 46.7 Å². The number of carbonyl (C=O) groups is 3. The summed E-state index contributed by atoms with van der Waals surface area (Å²) in [7, 11) is 0. The highest BCUT2D eigenvalue weighted by Gasteiger charge is 2.35. The van der Waals surface area contributed by atoms with Crippen LogP contribution in [0.4, 0.5) is 5.69 Å². The van der Waals surface area contributed by atoms with E-state index in [0.29, 0.717) is 50.8 Å². The first-order valence-electron chi connectivity index (χ1n) is 10.3. The van der Waals surface area contributed by atoms with E-state index in [0.717, 1.165) is 4.88 Å². The highest BCUT2D eigenvalue weighted by Crippen LogP contribution is 2.27. The Morgan fingerprint density at radius 1 is 1.16 bits per heavy atom. The second kappa shape index (κ2) is 9.93. The van der Waals surface area contributed by atoms with Crippen LogP contribution >= 0.6 is 11.3 Å². The molecule has 31 heavy (non-hydrogen) atoms. The van der Waals surface area contributed by atoms with E-state index >= 15 is 0 Å². The summed E-state index contributed by atoms with van der Waals surface area (Å²) in [6.45, 7) is 3.07. The summed E-state index contributed by atoms with van der Waals surface area (Å²) in [6.07, 6.45) is 0.197. The van der Waals surface area contributed by atoms with Gasteiger partial charge in [0.05, 0.1) is 25.7 Å². The highest BCUT2D eigenvalue weighted by atomic mass is 32.1. The van der Waals surface area contributed by atoms with Crippen molar-refractivity contribution in [2.24, 2.45) is 5.92 Å². The molecule has 9 heteroatoms. The van der Waals surface area contributed by atoms with Crippen molar-refractivity contribution in [1.82, 2.24) is 10.2 Å². The maximum Gasteiger partial charge on any atom is 0.260 e. The molecule has 1 unspecified atom stereocenters. The normalized spacial score (nSPS) is 18.8. The van der Waals surface area contributed by atoms with Crippen LogP contribution in [0.2, 0.25) is 0 Å². The second-order valence-corrected chi connectivity index (χ2v) is 8.51. The molecule has 0 spiro atoms. The molecule has 2 aromatic rings. The smallest absolute Gasteiger partial charge is 0.260 e. The Morgan fingerprint density at radius 2 is 1.94 bits per heavy atom. The molecule has 0 bridgehead atoms. The van der Waals surface area contributed by atoms with Crippen molar-refractivity contribution in [2.75, 3.05) is 44.4 Å². The van der Waals surface area contributed by atoms with E-state index in [1.54, 1.807) is 45.4 Å². The molecule has 1 aromatic heterocycles. The predicted octanol–water partition coefficient (Wildman–Crippen LogP) is 1.65. The molecule has 3 amide bonds. The van der Waals surface area contributed by atoms with E-state index in [9.17, 15) is 14.4 Å². The molecular weight excluding hydrogens is 418 g/mol. The third-order valence-corrected chi connectivity index (χ3v) is 6.26. The van der Waals surface area contributed by atoms with Gasteiger partial charge in [0, 0.05) is 36.6 Å². The first-order chi connectivity index (χ1) is 15.1. The van der Waals surface area contributed by atoms with Gasteiger partial charge in [-0.2, -0.15) is 0 Å². The Morgan fingerprint density at radius 3 is 2.65 bits per heavy atom. The average Bonchev–Trinajstić information content (AvgIpc) is 3.46. The molecule has 0 saturated carbocycles. The third-order valence-electron chi connectivity index (χ3n) is 5.39. The van der Waals surface area contributed by atoms with Crippen molar-refractivity contribution < 1.29 is 23.9 Å². The third kappa shape index (κ3) is 5.42. The van der Waals surface area contributed by atoms with Gasteiger partial charge >= 0.3 is 0 Å². The summed E-state index contributed by atoms with van der Waals surface area (Å²) < 4.78 is 10.8. The van der Waals surface area contributed by atoms with Gasteiger partial charge in [0.15, 0.2) is 6.61 Å². The van der Waals surface area contributed by atoms with Crippen LogP contribution in [-0.2, 0) is 25.7 Å². The fourth-order valence-electron chi connectivity index (χ4n) is 3.64. The Kier molecular flexibility index (Phi) is 6.83. The predicted molar refractivity (Wildman–Crippen MR) is 116 cm³/mol. The van der Waals surface area contributed by atoms with Crippen molar-refractivity contribution >= 4 is 34.7 Å². The van der Waals surface area contributed by atoms with E-state index in [1.165, 1.54) is 0 Å². The molecule has 1 N–H and O–H groups in total. The fourth-order valence-corrected chi connectivity index (χ4v) is 4.28. The van der Waals surface area contributed by atoms with Gasteiger partial charge in [-0.15, -0.1) is 11.3 Å². The minimum absolute atomic E-state index is 0.0333. The number of hydrogen-bond acceptors (Lipinski definition) is 6. The molecule has 1 atom stereocenters. The molecule has 8 nitrogen and oxygen atoms in total. The van der Waals surface area contributed by atoms with Crippen molar-refractivity contribution in [3.63, 3.8) is 0 Å². The molecule has 2 fully saturated rings. The molecule has 4 rings (SSSR count). The molecule has 0 radical (unpaired) electrons. The molecular formula is C22H25N3O5S. The average molecular weight is 444 g/mol. The number of carbonyl (C=O) groups excluding carboxylic acids is 3. The van der Waals surface area contributed by atoms with Crippen molar-refractivity contribution in [1.29, 1.82) is 0 Å². The first-order valence-corrected chi connectivity index (χ1v) is 11.2. The molecule has 2 saturated heterocycles. The summed E-state index contributed by atoms with van der Waals surface area (Å²) in [6, 6.07) is 10.9. The number of rotatable bonds is 7. The molecule has 164 valence electrons. The summed E-state index contributed by atoms with van der Waals surface area (Å²) in [5.74, 6) is -0.0615. The highest BCUT2D eigenvalue weighted by molar-refractivity contribution is 7.09. The minimum Gasteiger partial charge on any atom is -0.484 e. The van der Waals surface area contributed by atoms with Crippen LogP contribution < -0.4 is 15.0 Å². The van der Waals surface area contributed by atoms with Gasteiger partial charge in [-0.3, -0.25) is 14.4 Å². The summed E-state index contributed by atoms with van der Waals surface area (Å²) in [5, 5.41) is 4.88. The van der Waals surface area contributed by atoms with Gasteiger partial charge in [0.1, 0.15) is 5.75 Å². The van der Waals surface area contributed by atoms with E-state index in [-0.39, 0.29) is 36.7 Å². The van der Waals surface area contributed by atoms with Crippen LogP contribution in [0.15, 0.2) is 41.8 Å². The number of hydrogen-bond donors (Lipinski definition) is 1. The molecule has 2 aliphatic heterocycles. The van der Waals surface area contributed by atoms with Crippen molar-refractivity contribution in [2.45, 2.75) is 13.0 Å². The number of nitrogens with zero attached hydrogens (tertiary/aromatic N) is 2. The quantitative estimate of drug-likeness (QED) is 0.703. The van der Waals surface area contributed by atoms with Crippen LogP contribution in [0.3, 0.4) is 0 Å². The van der Waals surface area contributed by atoms with Gasteiger partial charge in [-0.1, -0.05) is 6.07 Å². The number of anilines is 1. The lowest BCUT2D eigenvalue weighted by Crippen LogP contribution is -2.42. The lowest BCUT2D eigenvalue weighted by Gasteiger charge is -2.26. The standard InChI is InChI=1S/C22H25N3O5S/c26-20-12-16(22(28)23-13-19-2-1-11-31-19)14-25(20)17-3-5-18(6-4-17)30-15-21(27)24-7-9-29-10-8-24/h1-6,11,16H,7-10,12-15H2,(H,23,28). The Bertz CT molecular complexity index is 910. The van der Waals surface area contributed by atoms with Gasteiger partial charge in [0.2, 0.25) is 11.8 Å². The lowest BCUT2D eigenvalue weighted by molar-refractivity contribution is -0.137. The van der Waals surface area contributed by atoms with Gasteiger partial charge < -0.3 is 24.6 Å². The van der Waals surface area contributed by atoms with E-state index in [4.69, 9.17) is 9.47 Å². The van der Waals surface area contributed by atoms with Crippen molar-refractivity contribution in [3.8, 4) is 5.75 Å². The number of morpholine rings is 1. The topological polar surface area (TPSA) is 88.2 Å². The number of nitrogens with one attached hydrogen (secondary N) is 1. The number of thiophene rings is 1. The summed E-state index contributed by atoms with van der Waals surface area (Å²) in [4.78, 5) is 41.5. The molecule has 0 aliphatic carbocycles. The zero-order chi connectivity index (χ0) is 21.6. The first kappa shape index (κ1) is 21.3. The summed E-state index contributed by atoms with van der Waals surface area (Å²) in [5.41, 5.74) is 0.713. The molecule has 1 aromatic carbocycles. The lowest BCUT2D eigenvalue weighted by atomic mass is 10.1. The van der Waals surface area contributed by atoms with Crippen LogP contribution in [0, 0.1) is 5.92 Å². The van der Waals surface area contributed by atoms with Crippen LogP contribution in [0.1, 0.15) is 11.3 Å². The van der Waals surface area contributed by atoms with Gasteiger partial charge in [-0.05, 0) is 35.7 Å². The van der Waals surface area contributed by atoms with Crippen LogP contribution in [0.25, 0.3) is 0 Å². The van der Waals surface area contributed by atoms with Gasteiger partial charge in [-0.25, -0.2) is 0 Å². The second-order valence-electron chi connectivity index (χ2n) is 7.48. The molecule has 3 heterocycles. The van der Waals surface area contributed by atoms with Crippen LogP contribution in [-0.4, -0.2) is 62.1 Å².